The number of hydrogen-bond acceptors (Lipinski definition) is 4. The maximum atomic E-state index is 11.8. The summed E-state index contributed by atoms with van der Waals surface area (Å²) in [6.45, 7) is 2.38. The molecule has 2 amide bonds. The zero-order valence-corrected chi connectivity index (χ0v) is 10.1. The van der Waals surface area contributed by atoms with Crippen LogP contribution >= 0.6 is 0 Å². The maximum absolute atomic E-state index is 11.8. The van der Waals surface area contributed by atoms with Crippen LogP contribution in [0.4, 0.5) is 0 Å². The monoisotopic (exact) mass is 246 g/mol. The van der Waals surface area contributed by atoms with Gasteiger partial charge in [0.25, 0.3) is 0 Å². The SMILES string of the molecule is CCN(Cc1ccncc1)C(=O)C(=O)NCC#N. The number of rotatable bonds is 4. The van der Waals surface area contributed by atoms with Gasteiger partial charge in [-0.15, -0.1) is 0 Å². The zero-order valence-electron chi connectivity index (χ0n) is 10.1. The normalized spacial score (nSPS) is 9.33. The molecule has 6 nitrogen and oxygen atoms in total. The topological polar surface area (TPSA) is 86.1 Å². The second-order valence-corrected chi connectivity index (χ2v) is 3.52. The van der Waals surface area contributed by atoms with E-state index >= 15 is 0 Å². The third kappa shape index (κ3) is 3.87. The molecule has 6 heteroatoms. The first-order valence-electron chi connectivity index (χ1n) is 5.52. The van der Waals surface area contributed by atoms with Gasteiger partial charge in [0.05, 0.1) is 6.07 Å². The third-order valence-electron chi connectivity index (χ3n) is 2.31. The smallest absolute Gasteiger partial charge is 0.312 e. The molecule has 1 heterocycles. The summed E-state index contributed by atoms with van der Waals surface area (Å²) in [6.07, 6.45) is 3.26. The van der Waals surface area contributed by atoms with Crippen molar-refractivity contribution in [2.24, 2.45) is 0 Å². The minimum atomic E-state index is -0.757. The van der Waals surface area contributed by atoms with Gasteiger partial charge in [0.2, 0.25) is 0 Å². The first-order chi connectivity index (χ1) is 8.69. The van der Waals surface area contributed by atoms with E-state index < -0.39 is 11.8 Å². The van der Waals surface area contributed by atoms with Crippen LogP contribution in [-0.4, -0.2) is 34.8 Å². The van der Waals surface area contributed by atoms with E-state index in [2.05, 4.69) is 10.3 Å². The molecule has 0 radical (unpaired) electrons. The van der Waals surface area contributed by atoms with Crippen LogP contribution in [0.2, 0.25) is 0 Å². The number of hydrogen-bond donors (Lipinski definition) is 1. The Morgan fingerprint density at radius 3 is 2.67 bits per heavy atom. The standard InChI is InChI=1S/C12H14N4O2/c1-2-16(9-10-3-6-14-7-4-10)12(18)11(17)15-8-5-13/h3-4,6-7H,2,8-9H2,1H3,(H,15,17). The summed E-state index contributed by atoms with van der Waals surface area (Å²) in [5.74, 6) is -1.39. The van der Waals surface area contributed by atoms with Crippen molar-refractivity contribution in [2.75, 3.05) is 13.1 Å². The fourth-order valence-corrected chi connectivity index (χ4v) is 1.37. The molecule has 0 spiro atoms. The van der Waals surface area contributed by atoms with Gasteiger partial charge in [-0.2, -0.15) is 5.26 Å². The van der Waals surface area contributed by atoms with Crippen molar-refractivity contribution < 1.29 is 9.59 Å². The highest BCUT2D eigenvalue weighted by Crippen LogP contribution is 2.03. The maximum Gasteiger partial charge on any atom is 0.312 e. The number of nitrogens with zero attached hydrogens (tertiary/aromatic N) is 3. The average molecular weight is 246 g/mol. The van der Waals surface area contributed by atoms with Crippen molar-refractivity contribution in [1.29, 1.82) is 5.26 Å². The summed E-state index contributed by atoms with van der Waals surface area (Å²) < 4.78 is 0. The third-order valence-corrected chi connectivity index (χ3v) is 2.31. The van der Waals surface area contributed by atoms with Crippen LogP contribution in [0.1, 0.15) is 12.5 Å². The molecule has 18 heavy (non-hydrogen) atoms. The highest BCUT2D eigenvalue weighted by molar-refractivity contribution is 6.35. The summed E-state index contributed by atoms with van der Waals surface area (Å²) in [5, 5.41) is 10.6. The Labute approximate surface area is 105 Å². The number of likely N-dealkylation sites (N-methyl/N-ethyl adjacent to an activating group) is 1. The first-order valence-corrected chi connectivity index (χ1v) is 5.52. The molecule has 1 N–H and O–H groups in total. The lowest BCUT2D eigenvalue weighted by molar-refractivity contribution is -0.146. The molecule has 0 aromatic carbocycles. The number of carbonyl (C=O) groups excluding carboxylic acids is 2. The van der Waals surface area contributed by atoms with Crippen LogP contribution in [-0.2, 0) is 16.1 Å². The van der Waals surface area contributed by atoms with Crippen LogP contribution in [0.5, 0.6) is 0 Å². The number of nitrogens with one attached hydrogen (secondary N) is 1. The van der Waals surface area contributed by atoms with E-state index in [1.54, 1.807) is 37.5 Å². The van der Waals surface area contributed by atoms with Crippen LogP contribution in [0, 0.1) is 11.3 Å². The van der Waals surface area contributed by atoms with E-state index in [1.165, 1.54) is 4.90 Å². The number of carbonyl (C=O) groups is 2. The lowest BCUT2D eigenvalue weighted by Crippen LogP contribution is -2.42. The highest BCUT2D eigenvalue weighted by Gasteiger charge is 2.20. The van der Waals surface area contributed by atoms with E-state index in [4.69, 9.17) is 5.26 Å². The fourth-order valence-electron chi connectivity index (χ4n) is 1.37. The molecule has 94 valence electrons. The lowest BCUT2D eigenvalue weighted by atomic mass is 10.2. The molecular weight excluding hydrogens is 232 g/mol. The molecule has 0 aliphatic heterocycles. The Kier molecular flexibility index (Phi) is 5.32. The Bertz CT molecular complexity index is 453. The molecule has 0 saturated heterocycles. The van der Waals surface area contributed by atoms with E-state index in [-0.39, 0.29) is 6.54 Å². The van der Waals surface area contributed by atoms with Gasteiger partial charge >= 0.3 is 11.8 Å². The van der Waals surface area contributed by atoms with Gasteiger partial charge in [-0.05, 0) is 24.6 Å². The summed E-state index contributed by atoms with van der Waals surface area (Å²) in [4.78, 5) is 28.5. The second-order valence-electron chi connectivity index (χ2n) is 3.52. The summed E-state index contributed by atoms with van der Waals surface area (Å²) in [6, 6.07) is 5.31. The van der Waals surface area contributed by atoms with Crippen molar-refractivity contribution >= 4 is 11.8 Å². The minimum absolute atomic E-state index is 0.169. The molecule has 0 aliphatic carbocycles. The Morgan fingerprint density at radius 2 is 2.11 bits per heavy atom. The fraction of sp³-hybridized carbons (Fsp3) is 0.333. The van der Waals surface area contributed by atoms with Crippen LogP contribution in [0.25, 0.3) is 0 Å². The van der Waals surface area contributed by atoms with E-state index in [1.807, 2.05) is 0 Å². The average Bonchev–Trinajstić information content (AvgIpc) is 2.42. The largest absolute Gasteiger partial charge is 0.335 e. The van der Waals surface area contributed by atoms with Gasteiger partial charge < -0.3 is 10.2 Å². The van der Waals surface area contributed by atoms with Crippen LogP contribution in [0.3, 0.4) is 0 Å². The molecule has 0 fully saturated rings. The van der Waals surface area contributed by atoms with Gasteiger partial charge in [-0.25, -0.2) is 0 Å². The number of nitriles is 1. The van der Waals surface area contributed by atoms with Crippen LogP contribution in [0.15, 0.2) is 24.5 Å². The molecule has 0 bridgehead atoms. The van der Waals surface area contributed by atoms with Gasteiger partial charge in [-0.1, -0.05) is 0 Å². The molecule has 1 aromatic rings. The Balaban J connectivity index is 2.64. The van der Waals surface area contributed by atoms with Crippen molar-refractivity contribution in [3.8, 4) is 6.07 Å². The minimum Gasteiger partial charge on any atom is -0.335 e. The number of aromatic nitrogens is 1. The molecule has 0 atom stereocenters. The predicted octanol–water partition coefficient (Wildman–Crippen LogP) is 0.0699. The van der Waals surface area contributed by atoms with Crippen molar-refractivity contribution in [2.45, 2.75) is 13.5 Å². The molecule has 1 aromatic heterocycles. The van der Waals surface area contributed by atoms with Crippen molar-refractivity contribution in [1.82, 2.24) is 15.2 Å². The molecule has 0 unspecified atom stereocenters. The molecule has 1 rings (SSSR count). The first kappa shape index (κ1) is 13.6. The van der Waals surface area contributed by atoms with Crippen molar-refractivity contribution in [3.63, 3.8) is 0 Å². The van der Waals surface area contributed by atoms with E-state index in [0.29, 0.717) is 13.1 Å². The molecule has 0 saturated carbocycles. The summed E-state index contributed by atoms with van der Waals surface area (Å²) in [5.41, 5.74) is 0.897. The van der Waals surface area contributed by atoms with Gasteiger partial charge in [0.1, 0.15) is 6.54 Å². The van der Waals surface area contributed by atoms with Gasteiger partial charge in [-0.3, -0.25) is 14.6 Å². The highest BCUT2D eigenvalue weighted by atomic mass is 16.2. The summed E-state index contributed by atoms with van der Waals surface area (Å²) >= 11 is 0. The Hall–Kier alpha value is -2.42. The van der Waals surface area contributed by atoms with Gasteiger partial charge in [0.15, 0.2) is 0 Å². The second kappa shape index (κ2) is 7.01. The van der Waals surface area contributed by atoms with E-state index in [9.17, 15) is 9.59 Å². The van der Waals surface area contributed by atoms with Crippen LogP contribution < -0.4 is 5.32 Å². The quantitative estimate of drug-likeness (QED) is 0.601. The molecule has 0 aliphatic rings. The van der Waals surface area contributed by atoms with Gasteiger partial charge in [0, 0.05) is 25.5 Å². The number of amides is 2. The Morgan fingerprint density at radius 1 is 1.44 bits per heavy atom. The van der Waals surface area contributed by atoms with Crippen molar-refractivity contribution in [3.05, 3.63) is 30.1 Å². The number of pyridine rings is 1. The molecular formula is C12H14N4O2. The zero-order chi connectivity index (χ0) is 13.4. The summed E-state index contributed by atoms with van der Waals surface area (Å²) in [7, 11) is 0. The lowest BCUT2D eigenvalue weighted by Gasteiger charge is -2.19. The predicted molar refractivity (Wildman–Crippen MR) is 64.0 cm³/mol. The van der Waals surface area contributed by atoms with E-state index in [0.717, 1.165) is 5.56 Å².